The molecule has 0 fully saturated rings. The van der Waals surface area contributed by atoms with Gasteiger partial charge < -0.3 is 14.9 Å². The molecule has 4 rings (SSSR count). The largest absolute Gasteiger partial charge is 0.508 e. The lowest BCUT2D eigenvalue weighted by Gasteiger charge is -2.10. The highest BCUT2D eigenvalue weighted by molar-refractivity contribution is 7.21. The van der Waals surface area contributed by atoms with Crippen LogP contribution in [0.15, 0.2) is 72.8 Å². The molecule has 0 saturated carbocycles. The van der Waals surface area contributed by atoms with E-state index < -0.39 is 5.97 Å². The maximum absolute atomic E-state index is 13.5. The molecule has 0 atom stereocenters. The van der Waals surface area contributed by atoms with Gasteiger partial charge in [-0.2, -0.15) is 0 Å². The summed E-state index contributed by atoms with van der Waals surface area (Å²) in [6.07, 6.45) is 3.29. The number of thiophene rings is 1. The van der Waals surface area contributed by atoms with Crippen LogP contribution in [0, 0.1) is 0 Å². The van der Waals surface area contributed by atoms with Crippen molar-refractivity contribution in [2.24, 2.45) is 0 Å². The molecule has 5 nitrogen and oxygen atoms in total. The number of aryl methyl sites for hydroxylation is 1. The van der Waals surface area contributed by atoms with Crippen LogP contribution < -0.4 is 4.74 Å². The van der Waals surface area contributed by atoms with E-state index in [1.165, 1.54) is 17.4 Å². The van der Waals surface area contributed by atoms with Crippen LogP contribution in [0.4, 0.5) is 0 Å². The third-order valence-corrected chi connectivity index (χ3v) is 6.13. The summed E-state index contributed by atoms with van der Waals surface area (Å²) in [5.41, 5.74) is 2.30. The summed E-state index contributed by atoms with van der Waals surface area (Å²) < 4.78 is 6.92. The van der Waals surface area contributed by atoms with Gasteiger partial charge in [0.25, 0.3) is 0 Å². The maximum Gasteiger partial charge on any atom is 0.328 e. The Morgan fingerprint density at radius 3 is 2.50 bits per heavy atom. The van der Waals surface area contributed by atoms with Crippen molar-refractivity contribution in [3.63, 3.8) is 0 Å². The molecule has 6 heteroatoms. The van der Waals surface area contributed by atoms with Crippen LogP contribution in [0.25, 0.3) is 16.2 Å². The highest BCUT2D eigenvalue weighted by Crippen LogP contribution is 2.43. The molecule has 160 valence electrons. The Labute approximate surface area is 188 Å². The van der Waals surface area contributed by atoms with E-state index in [9.17, 15) is 14.7 Å². The summed E-state index contributed by atoms with van der Waals surface area (Å²) in [6, 6.07) is 19.4. The second-order valence-corrected chi connectivity index (χ2v) is 8.18. The maximum atomic E-state index is 13.5. The zero-order valence-corrected chi connectivity index (χ0v) is 18.1. The first-order chi connectivity index (χ1) is 15.5. The molecular weight excluding hydrogens is 424 g/mol. The van der Waals surface area contributed by atoms with Crippen molar-refractivity contribution in [3.8, 4) is 17.2 Å². The number of phenolic OH excluding ortho intramolecular Hbond substituents is 1. The fourth-order valence-electron chi connectivity index (χ4n) is 3.42. The monoisotopic (exact) mass is 444 g/mol. The molecule has 0 aliphatic rings. The van der Waals surface area contributed by atoms with Gasteiger partial charge in [-0.3, -0.25) is 4.79 Å². The van der Waals surface area contributed by atoms with E-state index in [4.69, 9.17) is 9.84 Å². The van der Waals surface area contributed by atoms with Crippen LogP contribution in [-0.2, 0) is 11.2 Å². The number of phenols is 1. The van der Waals surface area contributed by atoms with Gasteiger partial charge in [0.15, 0.2) is 5.75 Å². The van der Waals surface area contributed by atoms with Crippen LogP contribution in [0.5, 0.6) is 17.2 Å². The van der Waals surface area contributed by atoms with Gasteiger partial charge in [-0.1, -0.05) is 43.3 Å². The molecule has 0 aliphatic heterocycles. The summed E-state index contributed by atoms with van der Waals surface area (Å²) in [4.78, 5) is 24.7. The third kappa shape index (κ3) is 4.40. The molecule has 0 aliphatic carbocycles. The quantitative estimate of drug-likeness (QED) is 0.258. The zero-order valence-electron chi connectivity index (χ0n) is 17.2. The van der Waals surface area contributed by atoms with Gasteiger partial charge in [-0.05, 0) is 54.0 Å². The van der Waals surface area contributed by atoms with Gasteiger partial charge in [0.2, 0.25) is 5.78 Å². The molecule has 0 saturated heterocycles. The lowest BCUT2D eigenvalue weighted by atomic mass is 10.0. The first-order valence-electron chi connectivity index (χ1n) is 10.0. The Kier molecular flexibility index (Phi) is 6.05. The highest BCUT2D eigenvalue weighted by Gasteiger charge is 2.23. The number of fused-ring (bicyclic) bond motifs is 1. The van der Waals surface area contributed by atoms with Gasteiger partial charge in [-0.25, -0.2) is 4.79 Å². The van der Waals surface area contributed by atoms with E-state index in [0.29, 0.717) is 27.5 Å². The van der Waals surface area contributed by atoms with Gasteiger partial charge in [0, 0.05) is 21.7 Å². The van der Waals surface area contributed by atoms with Crippen LogP contribution in [0.2, 0.25) is 0 Å². The van der Waals surface area contributed by atoms with Crippen molar-refractivity contribution >= 4 is 39.3 Å². The number of aromatic hydroxyl groups is 1. The van der Waals surface area contributed by atoms with Gasteiger partial charge >= 0.3 is 5.97 Å². The SMILES string of the molecule is CCc1ccccc1C(=O)c1sc2cc(O)ccc2c1Oc1ccc(/C=C/C(=O)O)cc1. The van der Waals surface area contributed by atoms with Gasteiger partial charge in [0.05, 0.1) is 0 Å². The fraction of sp³-hybridized carbons (Fsp3) is 0.0769. The minimum absolute atomic E-state index is 0.118. The molecular formula is C26H20O5S. The number of carboxylic acids is 1. The summed E-state index contributed by atoms with van der Waals surface area (Å²) >= 11 is 1.28. The number of hydrogen-bond acceptors (Lipinski definition) is 5. The normalized spacial score (nSPS) is 11.2. The van der Waals surface area contributed by atoms with Crippen molar-refractivity contribution in [1.29, 1.82) is 0 Å². The molecule has 0 spiro atoms. The molecule has 3 aromatic carbocycles. The number of hydrogen-bond donors (Lipinski definition) is 2. The summed E-state index contributed by atoms with van der Waals surface area (Å²) in [7, 11) is 0. The molecule has 0 unspecified atom stereocenters. The van der Waals surface area contributed by atoms with Crippen LogP contribution in [0.3, 0.4) is 0 Å². The van der Waals surface area contributed by atoms with E-state index in [1.54, 1.807) is 42.5 Å². The first kappa shape index (κ1) is 21.3. The number of carbonyl (C=O) groups excluding carboxylic acids is 1. The van der Waals surface area contributed by atoms with Crippen molar-refractivity contribution in [1.82, 2.24) is 0 Å². The number of rotatable bonds is 7. The number of benzene rings is 3. The highest BCUT2D eigenvalue weighted by atomic mass is 32.1. The predicted octanol–water partition coefficient (Wildman–Crippen LogP) is 6.29. The van der Waals surface area contributed by atoms with E-state index in [2.05, 4.69) is 0 Å². The summed E-state index contributed by atoms with van der Waals surface area (Å²) in [6.45, 7) is 2.01. The van der Waals surface area contributed by atoms with E-state index in [0.717, 1.165) is 28.1 Å². The molecule has 0 amide bonds. The molecule has 4 aromatic rings. The van der Waals surface area contributed by atoms with Gasteiger partial charge in [-0.15, -0.1) is 11.3 Å². The van der Waals surface area contributed by atoms with Crippen molar-refractivity contribution in [2.45, 2.75) is 13.3 Å². The van der Waals surface area contributed by atoms with Gasteiger partial charge in [0.1, 0.15) is 16.4 Å². The zero-order chi connectivity index (χ0) is 22.7. The Morgan fingerprint density at radius 1 is 1.03 bits per heavy atom. The van der Waals surface area contributed by atoms with E-state index in [1.807, 2.05) is 31.2 Å². The molecule has 0 radical (unpaired) electrons. The van der Waals surface area contributed by atoms with Crippen LogP contribution >= 0.6 is 11.3 Å². The number of carbonyl (C=O) groups is 2. The lowest BCUT2D eigenvalue weighted by Crippen LogP contribution is -2.04. The number of ketones is 1. The molecule has 0 bridgehead atoms. The minimum Gasteiger partial charge on any atom is -0.508 e. The van der Waals surface area contributed by atoms with Crippen LogP contribution in [-0.4, -0.2) is 22.0 Å². The summed E-state index contributed by atoms with van der Waals surface area (Å²) in [5, 5.41) is 19.4. The number of aliphatic carboxylic acids is 1. The number of carboxylic acid groups (broad SMARTS) is 1. The first-order valence-corrected chi connectivity index (χ1v) is 10.8. The Morgan fingerprint density at radius 2 is 1.78 bits per heavy atom. The fourth-order valence-corrected chi connectivity index (χ4v) is 4.53. The molecule has 32 heavy (non-hydrogen) atoms. The van der Waals surface area contributed by atoms with Crippen molar-refractivity contribution < 1.29 is 24.5 Å². The topological polar surface area (TPSA) is 83.8 Å². The second-order valence-electron chi connectivity index (χ2n) is 7.12. The average molecular weight is 445 g/mol. The molecule has 1 aromatic heterocycles. The molecule has 2 N–H and O–H groups in total. The minimum atomic E-state index is -1.02. The average Bonchev–Trinajstić information content (AvgIpc) is 3.15. The Hall–Kier alpha value is -3.90. The lowest BCUT2D eigenvalue weighted by molar-refractivity contribution is -0.131. The Balaban J connectivity index is 1.76. The predicted molar refractivity (Wildman–Crippen MR) is 126 cm³/mol. The van der Waals surface area contributed by atoms with Crippen molar-refractivity contribution in [2.75, 3.05) is 0 Å². The Bertz CT molecular complexity index is 1330. The third-order valence-electron chi connectivity index (χ3n) is 5.00. The second kappa shape index (κ2) is 9.08. The van der Waals surface area contributed by atoms with E-state index >= 15 is 0 Å². The van der Waals surface area contributed by atoms with Crippen molar-refractivity contribution in [3.05, 3.63) is 94.4 Å². The smallest absolute Gasteiger partial charge is 0.328 e. The van der Waals surface area contributed by atoms with E-state index in [-0.39, 0.29) is 11.5 Å². The van der Waals surface area contributed by atoms with Crippen LogP contribution in [0.1, 0.15) is 33.3 Å². The number of ether oxygens (including phenoxy) is 1. The standard InChI is InChI=1S/C26H20O5S/c1-2-17-5-3-4-6-20(17)24(30)26-25(21-13-10-18(27)15-22(21)32-26)31-19-11-7-16(8-12-19)9-14-23(28)29/h3-15,27H,2H2,1H3,(H,28,29)/b14-9+. The molecule has 1 heterocycles. The summed E-state index contributed by atoms with van der Waals surface area (Å²) in [5.74, 6) is -0.0707.